The molecule has 6 heteroatoms. The average molecular weight is 436 g/mol. The van der Waals surface area contributed by atoms with Gasteiger partial charge in [0.05, 0.1) is 0 Å². The summed E-state index contributed by atoms with van der Waals surface area (Å²) in [7, 11) is 0. The van der Waals surface area contributed by atoms with Crippen LogP contribution in [0, 0.1) is 0 Å². The van der Waals surface area contributed by atoms with Crippen LogP contribution in [0.4, 0.5) is 4.79 Å². The summed E-state index contributed by atoms with van der Waals surface area (Å²) in [5.74, 6) is -0.405. The van der Waals surface area contributed by atoms with Crippen molar-refractivity contribution in [3.8, 4) is 0 Å². The first-order valence-corrected chi connectivity index (χ1v) is 11.7. The molecule has 1 N–H and O–H groups in total. The predicted molar refractivity (Wildman–Crippen MR) is 124 cm³/mol. The Morgan fingerprint density at radius 1 is 0.875 bits per heavy atom. The van der Waals surface area contributed by atoms with E-state index in [0.717, 1.165) is 37.1 Å². The number of hydrogen-bond donors (Lipinski definition) is 1. The van der Waals surface area contributed by atoms with Crippen molar-refractivity contribution in [2.75, 3.05) is 26.2 Å². The topological polar surface area (TPSA) is 61.9 Å². The van der Waals surface area contributed by atoms with Gasteiger partial charge in [-0.05, 0) is 49.9 Å². The van der Waals surface area contributed by atoms with Crippen molar-refractivity contribution in [2.24, 2.45) is 0 Å². The zero-order valence-electron chi connectivity index (χ0n) is 18.6. The molecule has 2 aliphatic rings. The second-order valence-electron chi connectivity index (χ2n) is 8.75. The number of likely N-dealkylation sites (tertiary alicyclic amines) is 2. The van der Waals surface area contributed by atoms with Crippen LogP contribution in [0.5, 0.6) is 0 Å². The number of urea groups is 1. The molecule has 2 amide bonds. The van der Waals surface area contributed by atoms with Gasteiger partial charge in [0.25, 0.3) is 0 Å². The van der Waals surface area contributed by atoms with Gasteiger partial charge in [-0.25, -0.2) is 9.59 Å². The summed E-state index contributed by atoms with van der Waals surface area (Å²) in [4.78, 5) is 30.3. The summed E-state index contributed by atoms with van der Waals surface area (Å²) in [6, 6.07) is 19.0. The minimum Gasteiger partial charge on any atom is -0.459 e. The number of carbonyl (C=O) groups is 2. The molecular weight excluding hydrogens is 402 g/mol. The second kappa shape index (κ2) is 11.1. The number of amides is 2. The number of benzene rings is 2. The van der Waals surface area contributed by atoms with Gasteiger partial charge in [0.1, 0.15) is 12.6 Å². The number of ether oxygens (including phenoxy) is 1. The Bertz CT molecular complexity index is 860. The van der Waals surface area contributed by atoms with E-state index in [9.17, 15) is 9.59 Å². The first kappa shape index (κ1) is 22.3. The van der Waals surface area contributed by atoms with Crippen molar-refractivity contribution in [2.45, 2.75) is 50.8 Å². The Morgan fingerprint density at radius 3 is 2.09 bits per heavy atom. The van der Waals surface area contributed by atoms with Gasteiger partial charge in [0, 0.05) is 25.6 Å². The summed E-state index contributed by atoms with van der Waals surface area (Å²) >= 11 is 0. The third kappa shape index (κ3) is 6.10. The van der Waals surface area contributed by atoms with E-state index in [-0.39, 0.29) is 12.6 Å². The summed E-state index contributed by atoms with van der Waals surface area (Å²) in [6.45, 7) is 4.02. The summed E-state index contributed by atoms with van der Waals surface area (Å²) in [5, 5.41) is 2.95. The standard InChI is InChI=1S/C26H33N3O3/c30-25(32-20-22-11-5-2-6-12-22)24(19-21-9-3-1-4-10-21)27-26(31)29-17-13-23(14-18-29)28-15-7-8-16-28/h1-6,9-12,23-24H,7-8,13-20H2,(H,27,31). The Balaban J connectivity index is 1.34. The lowest BCUT2D eigenvalue weighted by atomic mass is 10.0. The monoisotopic (exact) mass is 435 g/mol. The highest BCUT2D eigenvalue weighted by Crippen LogP contribution is 2.21. The van der Waals surface area contributed by atoms with E-state index in [0.29, 0.717) is 12.5 Å². The molecule has 32 heavy (non-hydrogen) atoms. The highest BCUT2D eigenvalue weighted by atomic mass is 16.5. The van der Waals surface area contributed by atoms with Gasteiger partial charge in [0.2, 0.25) is 0 Å². The lowest BCUT2D eigenvalue weighted by Gasteiger charge is -2.37. The minimum atomic E-state index is -0.718. The maximum atomic E-state index is 13.0. The first-order valence-electron chi connectivity index (χ1n) is 11.7. The molecule has 2 aromatic rings. The lowest BCUT2D eigenvalue weighted by Crippen LogP contribution is -2.53. The van der Waals surface area contributed by atoms with Gasteiger partial charge in [-0.15, -0.1) is 0 Å². The molecule has 1 atom stereocenters. The van der Waals surface area contributed by atoms with Gasteiger partial charge in [0.15, 0.2) is 0 Å². The van der Waals surface area contributed by atoms with Gasteiger partial charge in [-0.1, -0.05) is 60.7 Å². The van der Waals surface area contributed by atoms with Crippen molar-refractivity contribution >= 4 is 12.0 Å². The molecule has 0 aliphatic carbocycles. The number of piperidine rings is 1. The maximum Gasteiger partial charge on any atom is 0.329 e. The maximum absolute atomic E-state index is 13.0. The second-order valence-corrected chi connectivity index (χ2v) is 8.75. The van der Waals surface area contributed by atoms with Gasteiger partial charge in [-0.3, -0.25) is 0 Å². The van der Waals surface area contributed by atoms with Gasteiger partial charge >= 0.3 is 12.0 Å². The zero-order chi connectivity index (χ0) is 22.2. The largest absolute Gasteiger partial charge is 0.459 e. The van der Waals surface area contributed by atoms with E-state index >= 15 is 0 Å². The third-order valence-electron chi connectivity index (χ3n) is 6.50. The fourth-order valence-corrected chi connectivity index (χ4v) is 4.65. The Labute approximate surface area is 190 Å². The van der Waals surface area contributed by atoms with E-state index in [1.807, 2.05) is 65.6 Å². The fourth-order valence-electron chi connectivity index (χ4n) is 4.65. The summed E-state index contributed by atoms with van der Waals surface area (Å²) in [5.41, 5.74) is 1.91. The van der Waals surface area contributed by atoms with Crippen LogP contribution >= 0.6 is 0 Å². The van der Waals surface area contributed by atoms with Crippen LogP contribution in [0.3, 0.4) is 0 Å². The van der Waals surface area contributed by atoms with Crippen molar-refractivity contribution in [3.63, 3.8) is 0 Å². The average Bonchev–Trinajstić information content (AvgIpc) is 3.38. The molecule has 1 unspecified atom stereocenters. The molecule has 4 rings (SSSR count). The van der Waals surface area contributed by atoms with Crippen LogP contribution < -0.4 is 5.32 Å². The number of esters is 1. The number of carbonyl (C=O) groups excluding carboxylic acids is 2. The zero-order valence-corrected chi connectivity index (χ0v) is 18.6. The quantitative estimate of drug-likeness (QED) is 0.675. The lowest BCUT2D eigenvalue weighted by molar-refractivity contribution is -0.147. The molecule has 2 aliphatic heterocycles. The molecule has 2 aromatic carbocycles. The highest BCUT2D eigenvalue weighted by molar-refractivity contribution is 5.84. The molecule has 170 valence electrons. The van der Waals surface area contributed by atoms with Crippen molar-refractivity contribution in [1.29, 1.82) is 0 Å². The molecule has 0 spiro atoms. The molecule has 0 saturated carbocycles. The molecule has 0 aromatic heterocycles. The van der Waals surface area contributed by atoms with E-state index in [2.05, 4.69) is 10.2 Å². The third-order valence-corrected chi connectivity index (χ3v) is 6.50. The Kier molecular flexibility index (Phi) is 7.77. The summed E-state index contributed by atoms with van der Waals surface area (Å²) < 4.78 is 5.56. The van der Waals surface area contributed by atoms with Crippen LogP contribution in [0.2, 0.25) is 0 Å². The Hall–Kier alpha value is -2.86. The fraction of sp³-hybridized carbons (Fsp3) is 0.462. The molecule has 2 heterocycles. The van der Waals surface area contributed by atoms with E-state index < -0.39 is 12.0 Å². The van der Waals surface area contributed by atoms with Crippen LogP contribution in [0.25, 0.3) is 0 Å². The molecule has 6 nitrogen and oxygen atoms in total. The van der Waals surface area contributed by atoms with Crippen LogP contribution in [0.1, 0.15) is 36.8 Å². The van der Waals surface area contributed by atoms with E-state index in [1.54, 1.807) is 0 Å². The summed E-state index contributed by atoms with van der Waals surface area (Å²) in [6.07, 6.45) is 4.97. The van der Waals surface area contributed by atoms with Gasteiger partial charge in [-0.2, -0.15) is 0 Å². The van der Waals surface area contributed by atoms with E-state index in [1.165, 1.54) is 25.9 Å². The molecule has 0 bridgehead atoms. The van der Waals surface area contributed by atoms with Crippen molar-refractivity contribution in [3.05, 3.63) is 71.8 Å². The molecule has 0 radical (unpaired) electrons. The first-order chi connectivity index (χ1) is 15.7. The normalized spacial score (nSPS) is 18.3. The van der Waals surface area contributed by atoms with E-state index in [4.69, 9.17) is 4.74 Å². The number of rotatable bonds is 7. The molecule has 2 saturated heterocycles. The number of hydrogen-bond acceptors (Lipinski definition) is 4. The number of nitrogens with one attached hydrogen (secondary N) is 1. The highest BCUT2D eigenvalue weighted by Gasteiger charge is 2.30. The Morgan fingerprint density at radius 2 is 1.47 bits per heavy atom. The van der Waals surface area contributed by atoms with Gasteiger partial charge < -0.3 is 19.9 Å². The van der Waals surface area contributed by atoms with Crippen LogP contribution in [-0.2, 0) is 22.6 Å². The predicted octanol–water partition coefficient (Wildman–Crippen LogP) is 3.61. The van der Waals surface area contributed by atoms with Crippen molar-refractivity contribution < 1.29 is 14.3 Å². The number of nitrogens with zero attached hydrogens (tertiary/aromatic N) is 2. The van der Waals surface area contributed by atoms with Crippen LogP contribution in [-0.4, -0.2) is 60.1 Å². The smallest absolute Gasteiger partial charge is 0.329 e. The minimum absolute atomic E-state index is 0.178. The van der Waals surface area contributed by atoms with Crippen LogP contribution in [0.15, 0.2) is 60.7 Å². The molecule has 2 fully saturated rings. The molecular formula is C26H33N3O3. The SMILES string of the molecule is O=C(OCc1ccccc1)C(Cc1ccccc1)NC(=O)N1CCC(N2CCCC2)CC1. The van der Waals surface area contributed by atoms with Crippen molar-refractivity contribution in [1.82, 2.24) is 15.1 Å².